The van der Waals surface area contributed by atoms with Crippen molar-refractivity contribution in [2.45, 2.75) is 32.7 Å². The molecule has 9 heteroatoms. The lowest BCUT2D eigenvalue weighted by atomic mass is 9.98. The molecule has 0 bridgehead atoms. The first-order chi connectivity index (χ1) is 16.0. The standard InChI is InChI=1S/C24H29ClN6O2/c1-4-5-10-20-28-22(25)21(24(32)33)31(20)15-16-11-13-17(14-12-16)18-8-6-7-9-19(18)23(26-2)29-30-27-3/h6-9,11-14,27,30H,4-5,10,15H2,1-3H3,(H,26,29)(H,32,33). The minimum Gasteiger partial charge on any atom is -0.476 e. The maximum absolute atomic E-state index is 11.8. The first-order valence-corrected chi connectivity index (χ1v) is 11.2. The van der Waals surface area contributed by atoms with Crippen molar-refractivity contribution < 1.29 is 9.90 Å². The molecule has 0 unspecified atom stereocenters. The second-order valence-electron chi connectivity index (χ2n) is 7.48. The monoisotopic (exact) mass is 468 g/mol. The van der Waals surface area contributed by atoms with Gasteiger partial charge in [0, 0.05) is 32.6 Å². The summed E-state index contributed by atoms with van der Waals surface area (Å²) in [7, 11) is 3.57. The number of aromatic nitrogens is 2. The number of carbonyl (C=O) groups is 1. The number of benzene rings is 2. The Balaban J connectivity index is 1.93. The summed E-state index contributed by atoms with van der Waals surface area (Å²) in [6.07, 6.45) is 2.59. The van der Waals surface area contributed by atoms with E-state index < -0.39 is 5.97 Å². The number of hydrogen-bond acceptors (Lipinski definition) is 5. The Bertz CT molecular complexity index is 1120. The average molecular weight is 469 g/mol. The predicted molar refractivity (Wildman–Crippen MR) is 132 cm³/mol. The van der Waals surface area contributed by atoms with E-state index in [9.17, 15) is 9.90 Å². The maximum atomic E-state index is 11.8. The third kappa shape index (κ3) is 5.71. The summed E-state index contributed by atoms with van der Waals surface area (Å²) in [6, 6.07) is 16.0. The Labute approximate surface area is 198 Å². The summed E-state index contributed by atoms with van der Waals surface area (Å²) in [4.78, 5) is 16.1. The minimum atomic E-state index is -1.07. The van der Waals surface area contributed by atoms with Gasteiger partial charge in [-0.3, -0.25) is 0 Å². The van der Waals surface area contributed by atoms with E-state index >= 15 is 0 Å². The van der Waals surface area contributed by atoms with E-state index in [-0.39, 0.29) is 10.8 Å². The van der Waals surface area contributed by atoms with Crippen molar-refractivity contribution in [2.24, 2.45) is 5.10 Å². The first kappa shape index (κ1) is 24.3. The number of nitrogens with zero attached hydrogens (tertiary/aromatic N) is 3. The highest BCUT2D eigenvalue weighted by Crippen LogP contribution is 2.26. The topological polar surface area (TPSA) is 104 Å². The van der Waals surface area contributed by atoms with Gasteiger partial charge in [0.05, 0.1) is 0 Å². The Hall–Kier alpha value is -3.36. The quantitative estimate of drug-likeness (QED) is 0.204. The van der Waals surface area contributed by atoms with Crippen molar-refractivity contribution in [1.29, 1.82) is 0 Å². The number of imidazole rings is 1. The lowest BCUT2D eigenvalue weighted by molar-refractivity contribution is 0.0685. The molecule has 0 aliphatic carbocycles. The zero-order valence-corrected chi connectivity index (χ0v) is 19.8. The molecule has 2 aromatic carbocycles. The van der Waals surface area contributed by atoms with E-state index in [4.69, 9.17) is 11.6 Å². The van der Waals surface area contributed by atoms with Crippen LogP contribution < -0.4 is 16.3 Å². The number of hydrogen-bond donors (Lipinski definition) is 4. The zero-order chi connectivity index (χ0) is 23.8. The fourth-order valence-electron chi connectivity index (χ4n) is 3.64. The van der Waals surface area contributed by atoms with Crippen LogP contribution in [0.4, 0.5) is 0 Å². The molecule has 1 aromatic heterocycles. The number of carboxylic acids is 1. The van der Waals surface area contributed by atoms with Gasteiger partial charge in [0.2, 0.25) is 0 Å². The molecule has 0 saturated carbocycles. The number of unbranched alkanes of at least 4 members (excludes halogenated alkanes) is 1. The van der Waals surface area contributed by atoms with Crippen molar-refractivity contribution in [3.05, 3.63) is 76.3 Å². The Morgan fingerprint density at radius 3 is 2.52 bits per heavy atom. The number of hydrazone groups is 1. The van der Waals surface area contributed by atoms with Gasteiger partial charge in [-0.2, -0.15) is 0 Å². The third-order valence-electron chi connectivity index (χ3n) is 5.26. The summed E-state index contributed by atoms with van der Waals surface area (Å²) < 4.78 is 1.71. The molecule has 0 fully saturated rings. The van der Waals surface area contributed by atoms with E-state index in [0.717, 1.165) is 35.1 Å². The highest BCUT2D eigenvalue weighted by Gasteiger charge is 2.21. The fourth-order valence-corrected chi connectivity index (χ4v) is 3.92. The number of aromatic carboxylic acids is 1. The van der Waals surface area contributed by atoms with E-state index in [2.05, 4.69) is 33.3 Å². The van der Waals surface area contributed by atoms with Crippen LogP contribution in [0.2, 0.25) is 5.15 Å². The molecule has 33 heavy (non-hydrogen) atoms. The number of carboxylic acid groups (broad SMARTS) is 1. The number of rotatable bonds is 10. The molecule has 3 rings (SSSR count). The van der Waals surface area contributed by atoms with Crippen LogP contribution in [0, 0.1) is 0 Å². The van der Waals surface area contributed by atoms with Gasteiger partial charge in [0.15, 0.2) is 16.7 Å². The van der Waals surface area contributed by atoms with Crippen molar-refractivity contribution in [3.8, 4) is 11.1 Å². The Morgan fingerprint density at radius 1 is 1.15 bits per heavy atom. The molecule has 0 aliphatic rings. The third-order valence-corrected chi connectivity index (χ3v) is 5.53. The number of nitrogens with one attached hydrogen (secondary N) is 3. The molecule has 8 nitrogen and oxygen atoms in total. The van der Waals surface area contributed by atoms with E-state index in [0.29, 0.717) is 24.6 Å². The van der Waals surface area contributed by atoms with Gasteiger partial charge in [0.1, 0.15) is 5.82 Å². The molecule has 3 aromatic rings. The van der Waals surface area contributed by atoms with Gasteiger partial charge >= 0.3 is 5.97 Å². The summed E-state index contributed by atoms with van der Waals surface area (Å²) in [5.41, 5.74) is 9.54. The largest absolute Gasteiger partial charge is 0.476 e. The summed E-state index contributed by atoms with van der Waals surface area (Å²) in [5, 5.41) is 17.1. The van der Waals surface area contributed by atoms with Crippen LogP contribution in [0.1, 0.15) is 47.2 Å². The second kappa shape index (κ2) is 11.5. The molecule has 0 spiro atoms. The smallest absolute Gasteiger partial charge is 0.355 e. The minimum absolute atomic E-state index is 0.0316. The summed E-state index contributed by atoms with van der Waals surface area (Å²) in [6.45, 7) is 2.47. The van der Waals surface area contributed by atoms with Crippen molar-refractivity contribution in [2.75, 3.05) is 14.1 Å². The van der Waals surface area contributed by atoms with Crippen LogP contribution in [0.15, 0.2) is 53.6 Å². The fraction of sp³-hybridized carbons (Fsp3) is 0.292. The van der Waals surface area contributed by atoms with Crippen LogP contribution in [-0.2, 0) is 13.0 Å². The Morgan fingerprint density at radius 2 is 1.88 bits per heavy atom. The lowest BCUT2D eigenvalue weighted by Gasteiger charge is -2.14. The van der Waals surface area contributed by atoms with Crippen LogP contribution in [0.5, 0.6) is 0 Å². The molecule has 174 valence electrons. The average Bonchev–Trinajstić information content (AvgIpc) is 3.13. The number of amidine groups is 1. The van der Waals surface area contributed by atoms with Gasteiger partial charge < -0.3 is 15.0 Å². The molecule has 0 atom stereocenters. The Kier molecular flexibility index (Phi) is 8.46. The van der Waals surface area contributed by atoms with Gasteiger partial charge in [-0.15, -0.1) is 5.10 Å². The van der Waals surface area contributed by atoms with Gasteiger partial charge in [-0.05, 0) is 23.1 Å². The van der Waals surface area contributed by atoms with Gasteiger partial charge in [-0.1, -0.05) is 73.5 Å². The molecule has 1 heterocycles. The van der Waals surface area contributed by atoms with E-state index in [1.165, 1.54) is 0 Å². The molecule has 0 radical (unpaired) electrons. The van der Waals surface area contributed by atoms with Crippen LogP contribution in [0.3, 0.4) is 0 Å². The lowest BCUT2D eigenvalue weighted by Crippen LogP contribution is -2.29. The number of halogens is 1. The van der Waals surface area contributed by atoms with Crippen LogP contribution in [0.25, 0.3) is 11.1 Å². The molecule has 0 saturated heterocycles. The normalized spacial score (nSPS) is 11.5. The highest BCUT2D eigenvalue weighted by atomic mass is 35.5. The highest BCUT2D eigenvalue weighted by molar-refractivity contribution is 6.32. The molecular formula is C24H29ClN6O2. The van der Waals surface area contributed by atoms with Gasteiger partial charge in [-0.25, -0.2) is 20.7 Å². The summed E-state index contributed by atoms with van der Waals surface area (Å²) in [5.74, 6) is 0.319. The molecule has 4 N–H and O–H groups in total. The molecule has 0 aliphatic heterocycles. The SMILES string of the molecule is CCCCc1nc(Cl)c(C(=O)O)n1Cc1ccc(-c2ccccc2/C(=N/NNC)NC)cc1. The maximum Gasteiger partial charge on any atom is 0.355 e. The first-order valence-electron chi connectivity index (χ1n) is 10.8. The van der Waals surface area contributed by atoms with Crippen LogP contribution >= 0.6 is 11.6 Å². The molecule has 0 amide bonds. The van der Waals surface area contributed by atoms with Gasteiger partial charge in [0.25, 0.3) is 0 Å². The van der Waals surface area contributed by atoms with Crippen LogP contribution in [-0.4, -0.2) is 40.6 Å². The second-order valence-corrected chi connectivity index (χ2v) is 7.84. The number of hydrazine groups is 1. The zero-order valence-electron chi connectivity index (χ0n) is 19.0. The van der Waals surface area contributed by atoms with E-state index in [1.54, 1.807) is 11.6 Å². The van der Waals surface area contributed by atoms with Crippen molar-refractivity contribution in [3.63, 3.8) is 0 Å². The van der Waals surface area contributed by atoms with E-state index in [1.807, 2.05) is 55.6 Å². The number of aryl methyl sites for hydroxylation is 1. The predicted octanol–water partition coefficient (Wildman–Crippen LogP) is 3.90. The van der Waals surface area contributed by atoms with Crippen molar-refractivity contribution >= 4 is 23.4 Å². The van der Waals surface area contributed by atoms with Crippen molar-refractivity contribution in [1.82, 2.24) is 25.8 Å². The summed E-state index contributed by atoms with van der Waals surface area (Å²) >= 11 is 6.15. The molecular weight excluding hydrogens is 440 g/mol.